The highest BCUT2D eigenvalue weighted by Gasteiger charge is 2.49. The highest BCUT2D eigenvalue weighted by molar-refractivity contribution is 7.62. The summed E-state index contributed by atoms with van der Waals surface area (Å²) in [4.78, 5) is 26.9. The smallest absolute Gasteiger partial charge is 0.383 e. The van der Waals surface area contributed by atoms with Crippen LogP contribution >= 0.6 is 16.1 Å². The van der Waals surface area contributed by atoms with Crippen LogP contribution in [-0.4, -0.2) is 54.0 Å². The van der Waals surface area contributed by atoms with E-state index in [1.807, 2.05) is 42.0 Å². The molecule has 32 heavy (non-hydrogen) atoms. The van der Waals surface area contributed by atoms with Crippen molar-refractivity contribution < 1.29 is 33.5 Å². The molecule has 3 aromatic rings. The number of fused-ring (bicyclic) bond motifs is 1. The van der Waals surface area contributed by atoms with Crippen LogP contribution in [0.5, 0.6) is 0 Å². The van der Waals surface area contributed by atoms with E-state index in [-0.39, 0.29) is 19.3 Å². The number of benzene rings is 1. The van der Waals surface area contributed by atoms with Crippen molar-refractivity contribution in [3.8, 4) is 11.1 Å². The first-order valence-corrected chi connectivity index (χ1v) is 12.1. The van der Waals surface area contributed by atoms with Gasteiger partial charge in [0.2, 0.25) is 8.46 Å². The van der Waals surface area contributed by atoms with E-state index in [9.17, 15) is 24.0 Å². The fourth-order valence-electron chi connectivity index (χ4n) is 3.70. The summed E-state index contributed by atoms with van der Waals surface area (Å²) in [5, 5.41) is 7.44. The normalized spacial score (nSPS) is 21.2. The fraction of sp³-hybridized carbons (Fsp3) is 0.368. The van der Waals surface area contributed by atoms with E-state index < -0.39 is 27.4 Å². The molecule has 13 heteroatoms. The first kappa shape index (κ1) is 22.9. The maximum absolute atomic E-state index is 11.4. The maximum atomic E-state index is 11.4. The third-order valence-electron chi connectivity index (χ3n) is 5.42. The average Bonchev–Trinajstić information content (AvgIpc) is 3.37. The summed E-state index contributed by atoms with van der Waals surface area (Å²) in [6.07, 6.45) is 3.14. The molecule has 5 N–H and O–H groups in total. The first-order valence-electron chi connectivity index (χ1n) is 9.69. The van der Waals surface area contributed by atoms with Crippen LogP contribution in [0.15, 0.2) is 36.8 Å². The number of hydrogen-bond donors (Lipinski definition) is 4. The lowest BCUT2D eigenvalue weighted by atomic mass is 10.0. The highest BCUT2D eigenvalue weighted by atomic mass is 31.2. The summed E-state index contributed by atoms with van der Waals surface area (Å²) >= 11 is 0. The van der Waals surface area contributed by atoms with Gasteiger partial charge in [0.1, 0.15) is 17.8 Å². The van der Waals surface area contributed by atoms with E-state index in [0.29, 0.717) is 17.9 Å². The van der Waals surface area contributed by atoms with Crippen molar-refractivity contribution in [1.29, 1.82) is 0 Å². The number of rotatable bonds is 7. The third kappa shape index (κ3) is 4.21. The van der Waals surface area contributed by atoms with Gasteiger partial charge in [-0.05, 0) is 18.9 Å². The van der Waals surface area contributed by atoms with Crippen LogP contribution in [0.1, 0.15) is 18.0 Å². The molecule has 1 aliphatic rings. The van der Waals surface area contributed by atoms with Crippen LogP contribution in [0, 0.1) is 6.92 Å². The molecule has 3 heterocycles. The van der Waals surface area contributed by atoms with Gasteiger partial charge in [-0.3, -0.25) is 9.13 Å². The summed E-state index contributed by atoms with van der Waals surface area (Å²) in [7, 11) is -6.40. The minimum Gasteiger partial charge on any atom is -0.383 e. The van der Waals surface area contributed by atoms with Crippen molar-refractivity contribution in [2.75, 3.05) is 18.9 Å². The number of hydrogen-bond acceptors (Lipinski definition) is 8. The van der Waals surface area contributed by atoms with Gasteiger partial charge in [-0.15, -0.1) is 0 Å². The number of aliphatic hydroxyl groups is 1. The lowest BCUT2D eigenvalue weighted by Crippen LogP contribution is -2.29. The summed E-state index contributed by atoms with van der Waals surface area (Å²) in [5.41, 5.74) is 9.76. The Bertz CT molecular complexity index is 1200. The quantitative estimate of drug-likeness (QED) is 0.291. The van der Waals surface area contributed by atoms with E-state index in [4.69, 9.17) is 15.2 Å². The van der Waals surface area contributed by atoms with E-state index in [2.05, 4.69) is 9.97 Å². The van der Waals surface area contributed by atoms with Gasteiger partial charge in [0.05, 0.1) is 30.7 Å². The van der Waals surface area contributed by atoms with E-state index in [1.165, 1.54) is 6.33 Å². The molecular formula is C19H22N4O7P2. The van der Waals surface area contributed by atoms with Gasteiger partial charge in [-0.2, -0.15) is 0 Å². The number of aromatic nitrogens is 3. The summed E-state index contributed by atoms with van der Waals surface area (Å²) < 4.78 is 34.9. The molecule has 0 aliphatic carbocycles. The number of nitrogen functional groups attached to an aromatic ring is 1. The molecule has 0 radical (unpaired) electrons. The van der Waals surface area contributed by atoms with Crippen molar-refractivity contribution in [3.63, 3.8) is 0 Å². The highest BCUT2D eigenvalue weighted by Crippen LogP contribution is 2.55. The monoisotopic (exact) mass is 480 g/mol. The Balaban J connectivity index is 1.60. The first-order chi connectivity index (χ1) is 15.1. The molecule has 11 nitrogen and oxygen atoms in total. The molecule has 0 saturated carbocycles. The lowest BCUT2D eigenvalue weighted by molar-refractivity contribution is -0.113. The van der Waals surface area contributed by atoms with Crippen molar-refractivity contribution in [2.45, 2.75) is 30.8 Å². The Kier molecular flexibility index (Phi) is 6.17. The van der Waals surface area contributed by atoms with Crippen LogP contribution < -0.4 is 5.73 Å². The number of nitrogens with two attached hydrogens (primary N) is 1. The molecule has 1 fully saturated rings. The third-order valence-corrected chi connectivity index (χ3v) is 7.70. The topological polar surface area (TPSA) is 170 Å². The predicted octanol–water partition coefficient (Wildman–Crippen LogP) is 2.41. The summed E-state index contributed by atoms with van der Waals surface area (Å²) in [5.74, 6) is 0.351. The minimum atomic E-state index is -5.17. The van der Waals surface area contributed by atoms with Gasteiger partial charge < -0.3 is 34.7 Å². The SMILES string of the molecule is Cc1ccc(-c2cn(C3COC(COC(O)(P=O)P(=O)(O)O)C3)c3ncnc(N)c23)cc1. The Hall–Kier alpha value is -2.23. The maximum Gasteiger partial charge on any atom is 0.397 e. The molecule has 4 rings (SSSR count). The number of ether oxygens (including phenoxy) is 2. The van der Waals surface area contributed by atoms with Gasteiger partial charge >= 0.3 is 12.9 Å². The summed E-state index contributed by atoms with van der Waals surface area (Å²) in [6.45, 7) is 1.93. The van der Waals surface area contributed by atoms with Crippen LogP contribution in [0.4, 0.5) is 5.82 Å². The van der Waals surface area contributed by atoms with Crippen LogP contribution in [0.2, 0.25) is 0 Å². The van der Waals surface area contributed by atoms with Crippen molar-refractivity contribution in [3.05, 3.63) is 42.4 Å². The number of aryl methyl sites for hydroxylation is 1. The lowest BCUT2D eigenvalue weighted by Gasteiger charge is -2.23. The minimum absolute atomic E-state index is 0.174. The molecule has 0 spiro atoms. The molecule has 1 aliphatic heterocycles. The number of anilines is 1. The zero-order valence-corrected chi connectivity index (χ0v) is 18.8. The molecule has 170 valence electrons. The van der Waals surface area contributed by atoms with Crippen molar-refractivity contribution in [1.82, 2.24) is 14.5 Å². The fourth-order valence-corrected chi connectivity index (χ4v) is 4.50. The molecule has 0 bridgehead atoms. The molecule has 1 aromatic carbocycles. The zero-order valence-electron chi connectivity index (χ0n) is 17.0. The standard InChI is InChI=1S/C19H22N4O7P2/c1-11-2-4-12(5-3-11)15-7-23(18-16(15)17(20)21-10-22-18)13-6-14(29-8-13)9-30-19(24,31-25)32(26,27)28/h2-5,7,10,13-14,24H,6,8-9H2,1H3,(H2,20,21,22)(H2,26,27,28). The Morgan fingerprint density at radius 1 is 1.34 bits per heavy atom. The van der Waals surface area contributed by atoms with E-state index in [1.54, 1.807) is 0 Å². The van der Waals surface area contributed by atoms with Crippen molar-refractivity contribution in [2.24, 2.45) is 0 Å². The Morgan fingerprint density at radius 2 is 2.06 bits per heavy atom. The van der Waals surface area contributed by atoms with Gasteiger partial charge in [-0.25, -0.2) is 9.97 Å². The van der Waals surface area contributed by atoms with Gasteiger partial charge in [0, 0.05) is 11.8 Å². The zero-order chi connectivity index (χ0) is 23.1. The van der Waals surface area contributed by atoms with Crippen molar-refractivity contribution >= 4 is 32.9 Å². The number of nitrogens with zero attached hydrogens (tertiary/aromatic N) is 3. The second kappa shape index (κ2) is 8.61. The molecular weight excluding hydrogens is 458 g/mol. The molecule has 3 unspecified atom stereocenters. The summed E-state index contributed by atoms with van der Waals surface area (Å²) in [6, 6.07) is 7.82. The largest absolute Gasteiger partial charge is 0.397 e. The second-order valence-electron chi connectivity index (χ2n) is 7.64. The van der Waals surface area contributed by atoms with Gasteiger partial charge in [0.25, 0.3) is 0 Å². The molecule has 3 atom stereocenters. The van der Waals surface area contributed by atoms with Crippen LogP contribution in [0.3, 0.4) is 0 Å². The molecule has 1 saturated heterocycles. The molecule has 0 amide bonds. The Morgan fingerprint density at radius 3 is 2.72 bits per heavy atom. The van der Waals surface area contributed by atoms with E-state index in [0.717, 1.165) is 22.1 Å². The van der Waals surface area contributed by atoms with E-state index >= 15 is 0 Å². The van der Waals surface area contributed by atoms with Gasteiger partial charge in [-0.1, -0.05) is 29.8 Å². The van der Waals surface area contributed by atoms with Crippen LogP contribution in [0.25, 0.3) is 22.2 Å². The average molecular weight is 480 g/mol. The second-order valence-corrected chi connectivity index (χ2v) is 10.5. The molecule has 2 aromatic heterocycles. The van der Waals surface area contributed by atoms with Crippen LogP contribution in [-0.2, 0) is 18.6 Å². The Labute approximate surface area is 184 Å². The van der Waals surface area contributed by atoms with Gasteiger partial charge in [0.15, 0.2) is 0 Å². The predicted molar refractivity (Wildman–Crippen MR) is 116 cm³/mol.